The Morgan fingerprint density at radius 3 is 2.68 bits per heavy atom. The van der Waals surface area contributed by atoms with Crippen LogP contribution in [0.15, 0.2) is 36.4 Å². The van der Waals surface area contributed by atoms with Gasteiger partial charge in [-0.05, 0) is 29.8 Å². The number of benzene rings is 2. The summed E-state index contributed by atoms with van der Waals surface area (Å²) in [5.74, 6) is 0.118. The minimum absolute atomic E-state index is 0.0528. The van der Waals surface area contributed by atoms with Gasteiger partial charge in [0.15, 0.2) is 0 Å². The van der Waals surface area contributed by atoms with Crippen LogP contribution in [0.5, 0.6) is 11.5 Å². The molecular formula is C14H9ClFNO2. The first kappa shape index (κ1) is 13.3. The normalized spacial score (nSPS) is 10.0. The second-order valence-corrected chi connectivity index (χ2v) is 4.19. The van der Waals surface area contributed by atoms with E-state index in [-0.39, 0.29) is 17.2 Å². The summed E-state index contributed by atoms with van der Waals surface area (Å²) in [5.41, 5.74) is 0.896. The zero-order valence-corrected chi connectivity index (χ0v) is 10.5. The second-order valence-electron chi connectivity index (χ2n) is 3.78. The van der Waals surface area contributed by atoms with Crippen LogP contribution in [-0.2, 0) is 6.61 Å². The van der Waals surface area contributed by atoms with E-state index in [9.17, 15) is 4.39 Å². The Bertz CT molecular complexity index is 652. The number of hydrogen-bond donors (Lipinski definition) is 1. The molecule has 2 aromatic rings. The number of nitriles is 1. The lowest BCUT2D eigenvalue weighted by atomic mass is 10.1. The van der Waals surface area contributed by atoms with Gasteiger partial charge < -0.3 is 9.84 Å². The lowest BCUT2D eigenvalue weighted by molar-refractivity contribution is 0.281. The average molecular weight is 278 g/mol. The summed E-state index contributed by atoms with van der Waals surface area (Å²) in [4.78, 5) is 0. The molecule has 0 unspecified atom stereocenters. The third-order valence-corrected chi connectivity index (χ3v) is 2.76. The van der Waals surface area contributed by atoms with E-state index in [2.05, 4.69) is 0 Å². The number of ether oxygens (including phenoxy) is 1. The van der Waals surface area contributed by atoms with Gasteiger partial charge in [-0.3, -0.25) is 0 Å². The fourth-order valence-corrected chi connectivity index (χ4v) is 1.69. The summed E-state index contributed by atoms with van der Waals surface area (Å²) in [6.45, 7) is -0.155. The van der Waals surface area contributed by atoms with Gasteiger partial charge in [0.1, 0.15) is 23.4 Å². The highest BCUT2D eigenvalue weighted by molar-refractivity contribution is 6.30. The SMILES string of the molecule is N#Cc1cc(CO)ccc1Oc1ccc(F)c(Cl)c1. The zero-order chi connectivity index (χ0) is 13.8. The van der Waals surface area contributed by atoms with Crippen LogP contribution in [0.25, 0.3) is 0 Å². The maximum Gasteiger partial charge on any atom is 0.145 e. The second kappa shape index (κ2) is 5.70. The number of hydrogen-bond acceptors (Lipinski definition) is 3. The highest BCUT2D eigenvalue weighted by atomic mass is 35.5. The molecule has 0 saturated heterocycles. The maximum atomic E-state index is 13.0. The van der Waals surface area contributed by atoms with E-state index in [1.165, 1.54) is 24.3 Å². The molecule has 5 heteroatoms. The Morgan fingerprint density at radius 1 is 1.26 bits per heavy atom. The summed E-state index contributed by atoms with van der Waals surface area (Å²) in [5, 5.41) is 18.0. The molecule has 0 saturated carbocycles. The molecule has 0 bridgehead atoms. The van der Waals surface area contributed by atoms with E-state index < -0.39 is 5.82 Å². The molecule has 0 atom stereocenters. The first-order chi connectivity index (χ1) is 9.13. The summed E-state index contributed by atoms with van der Waals surface area (Å²) >= 11 is 5.65. The quantitative estimate of drug-likeness (QED) is 0.932. The van der Waals surface area contributed by atoms with Gasteiger partial charge in [-0.15, -0.1) is 0 Å². The van der Waals surface area contributed by atoms with Crippen molar-refractivity contribution in [3.05, 3.63) is 58.4 Å². The van der Waals surface area contributed by atoms with Crippen LogP contribution in [0, 0.1) is 17.1 Å². The van der Waals surface area contributed by atoms with Crippen molar-refractivity contribution in [1.29, 1.82) is 5.26 Å². The van der Waals surface area contributed by atoms with E-state index in [0.29, 0.717) is 17.1 Å². The first-order valence-corrected chi connectivity index (χ1v) is 5.78. The monoisotopic (exact) mass is 277 g/mol. The van der Waals surface area contributed by atoms with Crippen molar-refractivity contribution in [3.8, 4) is 17.6 Å². The predicted molar refractivity (Wildman–Crippen MR) is 68.6 cm³/mol. The number of halogens is 2. The number of aliphatic hydroxyl groups excluding tert-OH is 1. The standard InChI is InChI=1S/C14H9ClFNO2/c15-12-6-11(2-3-13(12)16)19-14-4-1-9(8-18)5-10(14)7-17/h1-6,18H,8H2. The van der Waals surface area contributed by atoms with Crippen LogP contribution in [0.1, 0.15) is 11.1 Å². The molecular weight excluding hydrogens is 269 g/mol. The van der Waals surface area contributed by atoms with Crippen molar-refractivity contribution < 1.29 is 14.2 Å². The molecule has 0 heterocycles. The molecule has 0 fully saturated rings. The molecule has 0 aliphatic rings. The molecule has 2 aromatic carbocycles. The Hall–Kier alpha value is -2.09. The molecule has 2 rings (SSSR count). The topological polar surface area (TPSA) is 53.2 Å². The number of nitrogens with zero attached hydrogens (tertiary/aromatic N) is 1. The van der Waals surface area contributed by atoms with E-state index in [0.717, 1.165) is 0 Å². The smallest absolute Gasteiger partial charge is 0.145 e. The van der Waals surface area contributed by atoms with E-state index >= 15 is 0 Å². The van der Waals surface area contributed by atoms with Crippen molar-refractivity contribution in [2.75, 3.05) is 0 Å². The van der Waals surface area contributed by atoms with Gasteiger partial charge in [-0.2, -0.15) is 5.26 Å². The molecule has 0 aliphatic heterocycles. The van der Waals surface area contributed by atoms with Gasteiger partial charge in [0, 0.05) is 6.07 Å². The van der Waals surface area contributed by atoms with E-state index in [1.807, 2.05) is 6.07 Å². The Kier molecular flexibility index (Phi) is 4.00. The molecule has 19 heavy (non-hydrogen) atoms. The van der Waals surface area contributed by atoms with Gasteiger partial charge in [-0.1, -0.05) is 17.7 Å². The third kappa shape index (κ3) is 3.02. The highest BCUT2D eigenvalue weighted by Gasteiger charge is 2.08. The van der Waals surface area contributed by atoms with E-state index in [1.54, 1.807) is 12.1 Å². The van der Waals surface area contributed by atoms with Crippen molar-refractivity contribution in [2.45, 2.75) is 6.61 Å². The minimum Gasteiger partial charge on any atom is -0.456 e. The predicted octanol–water partition coefficient (Wildman–Crippen LogP) is 3.64. The zero-order valence-electron chi connectivity index (χ0n) is 9.73. The molecule has 0 aromatic heterocycles. The largest absolute Gasteiger partial charge is 0.456 e. The number of aliphatic hydroxyl groups is 1. The fraction of sp³-hybridized carbons (Fsp3) is 0.0714. The third-order valence-electron chi connectivity index (χ3n) is 2.47. The lowest BCUT2D eigenvalue weighted by Crippen LogP contribution is -1.91. The van der Waals surface area contributed by atoms with Crippen LogP contribution >= 0.6 is 11.6 Å². The van der Waals surface area contributed by atoms with Crippen LogP contribution < -0.4 is 4.74 Å². The van der Waals surface area contributed by atoms with Gasteiger partial charge in [0.05, 0.1) is 17.2 Å². The van der Waals surface area contributed by atoms with Crippen molar-refractivity contribution in [2.24, 2.45) is 0 Å². The molecule has 3 nitrogen and oxygen atoms in total. The van der Waals surface area contributed by atoms with Crippen molar-refractivity contribution >= 4 is 11.6 Å². The van der Waals surface area contributed by atoms with Gasteiger partial charge in [0.2, 0.25) is 0 Å². The summed E-state index contributed by atoms with van der Waals surface area (Å²) in [6, 6.07) is 10.6. The molecule has 0 spiro atoms. The van der Waals surface area contributed by atoms with Gasteiger partial charge in [-0.25, -0.2) is 4.39 Å². The Labute approximate surface area is 114 Å². The summed E-state index contributed by atoms with van der Waals surface area (Å²) in [6.07, 6.45) is 0. The molecule has 0 aliphatic carbocycles. The molecule has 0 amide bonds. The summed E-state index contributed by atoms with van der Waals surface area (Å²) < 4.78 is 18.5. The van der Waals surface area contributed by atoms with Crippen molar-refractivity contribution in [3.63, 3.8) is 0 Å². The maximum absolute atomic E-state index is 13.0. The number of rotatable bonds is 3. The lowest BCUT2D eigenvalue weighted by Gasteiger charge is -2.09. The van der Waals surface area contributed by atoms with Crippen LogP contribution in [0.4, 0.5) is 4.39 Å². The van der Waals surface area contributed by atoms with Crippen LogP contribution in [0.2, 0.25) is 5.02 Å². The first-order valence-electron chi connectivity index (χ1n) is 5.41. The Balaban J connectivity index is 2.33. The van der Waals surface area contributed by atoms with Gasteiger partial charge >= 0.3 is 0 Å². The fourth-order valence-electron chi connectivity index (χ4n) is 1.52. The summed E-state index contributed by atoms with van der Waals surface area (Å²) in [7, 11) is 0. The highest BCUT2D eigenvalue weighted by Crippen LogP contribution is 2.28. The average Bonchev–Trinajstić information content (AvgIpc) is 2.43. The molecule has 0 radical (unpaired) electrons. The Morgan fingerprint density at radius 2 is 2.05 bits per heavy atom. The minimum atomic E-state index is -0.537. The molecule has 96 valence electrons. The van der Waals surface area contributed by atoms with E-state index in [4.69, 9.17) is 26.7 Å². The molecule has 1 N–H and O–H groups in total. The van der Waals surface area contributed by atoms with Crippen molar-refractivity contribution in [1.82, 2.24) is 0 Å². The van der Waals surface area contributed by atoms with Crippen LogP contribution in [0.3, 0.4) is 0 Å². The van der Waals surface area contributed by atoms with Crippen LogP contribution in [-0.4, -0.2) is 5.11 Å². The van der Waals surface area contributed by atoms with Gasteiger partial charge in [0.25, 0.3) is 0 Å².